The molecule has 0 aliphatic carbocycles. The van der Waals surface area contributed by atoms with E-state index in [1.54, 1.807) is 0 Å². The van der Waals surface area contributed by atoms with Crippen LogP contribution >= 0.6 is 0 Å². The normalized spacial score (nSPS) is 10.7. The van der Waals surface area contributed by atoms with Gasteiger partial charge in [0, 0.05) is 35.8 Å². The number of carbonyl (C=O) groups excluding carboxylic acids is 1. The van der Waals surface area contributed by atoms with Crippen molar-refractivity contribution in [1.82, 2.24) is 10.3 Å². The minimum Gasteiger partial charge on any atom is -0.361 e. The molecule has 4 nitrogen and oxygen atoms in total. The predicted octanol–water partition coefficient (Wildman–Crippen LogP) is 1.96. The van der Waals surface area contributed by atoms with E-state index >= 15 is 0 Å². The first kappa shape index (κ1) is 13.4. The van der Waals surface area contributed by atoms with Crippen molar-refractivity contribution in [3.63, 3.8) is 0 Å². The molecule has 0 saturated heterocycles. The van der Waals surface area contributed by atoms with Crippen molar-refractivity contribution < 1.29 is 9.36 Å². The molecule has 21 heavy (non-hydrogen) atoms. The van der Waals surface area contributed by atoms with E-state index in [1.165, 1.54) is 10.9 Å². The highest BCUT2D eigenvalue weighted by molar-refractivity contribution is 5.93. The van der Waals surface area contributed by atoms with Crippen molar-refractivity contribution in [2.75, 3.05) is 6.54 Å². The van der Waals surface area contributed by atoms with Crippen LogP contribution < -0.4 is 9.88 Å². The number of nitrogens with one attached hydrogen (secondary N) is 2. The topological polar surface area (TPSA) is 48.8 Å². The van der Waals surface area contributed by atoms with Crippen LogP contribution in [0, 0.1) is 0 Å². The maximum absolute atomic E-state index is 12.0. The molecule has 0 aliphatic rings. The zero-order chi connectivity index (χ0) is 14.7. The van der Waals surface area contributed by atoms with E-state index in [0.29, 0.717) is 12.1 Å². The number of H-pyrrole nitrogens is 1. The lowest BCUT2D eigenvalue weighted by Crippen LogP contribution is -2.29. The summed E-state index contributed by atoms with van der Waals surface area (Å²) in [7, 11) is 1.93. The summed E-state index contributed by atoms with van der Waals surface area (Å²) in [5.41, 5.74) is 3.05. The number of pyridine rings is 1. The second kappa shape index (κ2) is 5.79. The Bertz CT molecular complexity index is 759. The summed E-state index contributed by atoms with van der Waals surface area (Å²) in [6, 6.07) is 11.8. The second-order valence-corrected chi connectivity index (χ2v) is 5.12. The zero-order valence-electron chi connectivity index (χ0n) is 12.0. The third kappa shape index (κ3) is 2.94. The summed E-state index contributed by atoms with van der Waals surface area (Å²) in [6.45, 7) is 0.627. The Morgan fingerprint density at radius 3 is 2.76 bits per heavy atom. The molecule has 3 aromatic rings. The van der Waals surface area contributed by atoms with Crippen LogP contribution in [0.3, 0.4) is 0 Å². The van der Waals surface area contributed by atoms with Gasteiger partial charge in [-0.2, -0.15) is 0 Å². The molecule has 1 aromatic carbocycles. The lowest BCUT2D eigenvalue weighted by molar-refractivity contribution is -0.671. The van der Waals surface area contributed by atoms with Gasteiger partial charge in [-0.1, -0.05) is 18.2 Å². The zero-order valence-corrected chi connectivity index (χ0v) is 12.0. The highest BCUT2D eigenvalue weighted by atomic mass is 16.1. The number of aromatic amines is 1. The number of hydrogen-bond donors (Lipinski definition) is 2. The minimum absolute atomic E-state index is 0.0320. The van der Waals surface area contributed by atoms with Crippen LogP contribution in [0.4, 0.5) is 0 Å². The van der Waals surface area contributed by atoms with Crippen LogP contribution in [0.1, 0.15) is 15.9 Å². The van der Waals surface area contributed by atoms with E-state index in [4.69, 9.17) is 0 Å². The van der Waals surface area contributed by atoms with Crippen LogP contribution in [0.2, 0.25) is 0 Å². The van der Waals surface area contributed by atoms with Crippen molar-refractivity contribution in [2.24, 2.45) is 7.05 Å². The van der Waals surface area contributed by atoms with E-state index in [9.17, 15) is 4.79 Å². The number of rotatable bonds is 4. The Kier molecular flexibility index (Phi) is 3.69. The quantitative estimate of drug-likeness (QED) is 0.705. The van der Waals surface area contributed by atoms with E-state index in [0.717, 1.165) is 11.9 Å². The van der Waals surface area contributed by atoms with E-state index < -0.39 is 0 Å². The van der Waals surface area contributed by atoms with Gasteiger partial charge >= 0.3 is 0 Å². The first-order valence-electron chi connectivity index (χ1n) is 7.02. The van der Waals surface area contributed by atoms with Gasteiger partial charge in [0.15, 0.2) is 12.4 Å². The van der Waals surface area contributed by atoms with Crippen molar-refractivity contribution >= 4 is 16.8 Å². The van der Waals surface area contributed by atoms with Gasteiger partial charge in [-0.05, 0) is 18.1 Å². The molecule has 2 N–H and O–H groups in total. The molecule has 0 atom stereocenters. The fourth-order valence-electron chi connectivity index (χ4n) is 2.40. The molecule has 4 heteroatoms. The highest BCUT2D eigenvalue weighted by Crippen LogP contribution is 2.17. The maximum atomic E-state index is 12.0. The molecular weight excluding hydrogens is 262 g/mol. The SMILES string of the molecule is C[n+]1ccc(C(=O)NCCc2c[nH]c3ccccc23)cc1. The second-order valence-electron chi connectivity index (χ2n) is 5.12. The number of aromatic nitrogens is 2. The molecule has 0 fully saturated rings. The van der Waals surface area contributed by atoms with Gasteiger partial charge in [0.1, 0.15) is 7.05 Å². The molecule has 2 heterocycles. The molecule has 0 radical (unpaired) electrons. The number of aryl methyl sites for hydroxylation is 1. The van der Waals surface area contributed by atoms with E-state index in [1.807, 2.05) is 54.5 Å². The van der Waals surface area contributed by atoms with Crippen LogP contribution in [-0.2, 0) is 13.5 Å². The molecule has 3 rings (SSSR count). The third-order valence-electron chi connectivity index (χ3n) is 3.60. The van der Waals surface area contributed by atoms with Gasteiger partial charge < -0.3 is 10.3 Å². The fraction of sp³-hybridized carbons (Fsp3) is 0.176. The largest absolute Gasteiger partial charge is 0.361 e. The summed E-state index contributed by atoms with van der Waals surface area (Å²) in [4.78, 5) is 15.3. The van der Waals surface area contributed by atoms with E-state index in [2.05, 4.69) is 22.4 Å². The average molecular weight is 280 g/mol. The lowest BCUT2D eigenvalue weighted by Gasteiger charge is -2.04. The number of para-hydroxylation sites is 1. The number of carbonyl (C=O) groups is 1. The van der Waals surface area contributed by atoms with Crippen LogP contribution in [0.15, 0.2) is 55.0 Å². The van der Waals surface area contributed by atoms with Crippen molar-refractivity contribution in [3.8, 4) is 0 Å². The summed E-state index contributed by atoms with van der Waals surface area (Å²) in [5.74, 6) is -0.0320. The van der Waals surface area contributed by atoms with Gasteiger partial charge in [0.05, 0.1) is 5.56 Å². The number of amides is 1. The van der Waals surface area contributed by atoms with Crippen molar-refractivity contribution in [2.45, 2.75) is 6.42 Å². The summed E-state index contributed by atoms with van der Waals surface area (Å²) >= 11 is 0. The number of benzene rings is 1. The predicted molar refractivity (Wildman–Crippen MR) is 82.0 cm³/mol. The Morgan fingerprint density at radius 1 is 1.19 bits per heavy atom. The first-order chi connectivity index (χ1) is 10.2. The third-order valence-corrected chi connectivity index (χ3v) is 3.60. The highest BCUT2D eigenvalue weighted by Gasteiger charge is 2.07. The van der Waals surface area contributed by atoms with Gasteiger partial charge in [-0.15, -0.1) is 0 Å². The Balaban J connectivity index is 1.61. The van der Waals surface area contributed by atoms with Crippen LogP contribution in [-0.4, -0.2) is 17.4 Å². The fourth-order valence-corrected chi connectivity index (χ4v) is 2.40. The summed E-state index contributed by atoms with van der Waals surface area (Å²) < 4.78 is 1.91. The molecule has 0 aliphatic heterocycles. The van der Waals surface area contributed by atoms with Gasteiger partial charge in [-0.3, -0.25) is 4.79 Å². The van der Waals surface area contributed by atoms with Crippen LogP contribution in [0.5, 0.6) is 0 Å². The molecule has 0 bridgehead atoms. The molecular formula is C17H18N3O+. The smallest absolute Gasteiger partial charge is 0.251 e. The maximum Gasteiger partial charge on any atom is 0.251 e. The van der Waals surface area contributed by atoms with E-state index in [-0.39, 0.29) is 5.91 Å². The molecule has 1 amide bonds. The van der Waals surface area contributed by atoms with Crippen LogP contribution in [0.25, 0.3) is 10.9 Å². The molecule has 2 aromatic heterocycles. The summed E-state index contributed by atoms with van der Waals surface area (Å²) in [5, 5.41) is 4.18. The number of fused-ring (bicyclic) bond motifs is 1. The Labute approximate surface area is 123 Å². The Hall–Kier alpha value is -2.62. The number of hydrogen-bond acceptors (Lipinski definition) is 1. The lowest BCUT2D eigenvalue weighted by atomic mass is 10.1. The minimum atomic E-state index is -0.0320. The standard InChI is InChI=1S/C17H17N3O/c1-20-10-7-13(8-11-20)17(21)18-9-6-14-12-19-16-5-3-2-4-15(14)16/h2-5,7-8,10-12,19H,6,9H2,1H3/p+1. The first-order valence-corrected chi connectivity index (χ1v) is 7.02. The number of nitrogens with zero attached hydrogens (tertiary/aromatic N) is 1. The van der Waals surface area contributed by atoms with Crippen molar-refractivity contribution in [3.05, 3.63) is 66.1 Å². The average Bonchev–Trinajstić information content (AvgIpc) is 2.91. The van der Waals surface area contributed by atoms with Gasteiger partial charge in [0.2, 0.25) is 0 Å². The molecule has 0 spiro atoms. The Morgan fingerprint density at radius 2 is 1.95 bits per heavy atom. The van der Waals surface area contributed by atoms with Gasteiger partial charge in [0.25, 0.3) is 5.91 Å². The summed E-state index contributed by atoms with van der Waals surface area (Å²) in [6.07, 6.45) is 6.57. The van der Waals surface area contributed by atoms with Gasteiger partial charge in [-0.25, -0.2) is 4.57 Å². The molecule has 106 valence electrons. The molecule has 0 saturated carbocycles. The molecule has 0 unspecified atom stereocenters. The van der Waals surface area contributed by atoms with Crippen molar-refractivity contribution in [1.29, 1.82) is 0 Å². The monoisotopic (exact) mass is 280 g/mol.